The normalized spacial score (nSPS) is 14.3. The third-order valence-corrected chi connectivity index (χ3v) is 4.28. The average Bonchev–Trinajstić information content (AvgIpc) is 2.99. The number of amides is 2. The molecule has 0 spiro atoms. The molecule has 1 saturated heterocycles. The Bertz CT molecular complexity index is 833. The maximum atomic E-state index is 13.2. The lowest BCUT2D eigenvalue weighted by atomic mass is 10.3. The predicted octanol–water partition coefficient (Wildman–Crippen LogP) is 2.10. The molecule has 1 aliphatic rings. The van der Waals surface area contributed by atoms with Gasteiger partial charge in [-0.1, -0.05) is 11.6 Å². The van der Waals surface area contributed by atoms with Crippen LogP contribution in [0.15, 0.2) is 24.3 Å². The summed E-state index contributed by atoms with van der Waals surface area (Å²) in [6, 6.07) is 5.58. The van der Waals surface area contributed by atoms with E-state index in [2.05, 4.69) is 10.4 Å². The van der Waals surface area contributed by atoms with Gasteiger partial charge in [-0.3, -0.25) is 14.3 Å². The minimum absolute atomic E-state index is 0.0722. The number of anilines is 1. The van der Waals surface area contributed by atoms with Crippen molar-refractivity contribution in [2.45, 2.75) is 13.5 Å². The summed E-state index contributed by atoms with van der Waals surface area (Å²) in [5.41, 5.74) is 1.37. The maximum Gasteiger partial charge on any atom is 0.274 e. The molecule has 0 bridgehead atoms. The number of hydrogen-bond acceptors (Lipinski definition) is 4. The van der Waals surface area contributed by atoms with Crippen molar-refractivity contribution in [3.8, 4) is 0 Å². The topological polar surface area (TPSA) is 76.5 Å². The van der Waals surface area contributed by atoms with Gasteiger partial charge >= 0.3 is 0 Å². The third-order valence-electron chi connectivity index (χ3n) is 4.00. The fourth-order valence-corrected chi connectivity index (χ4v) is 2.79. The number of hydrogen-bond donors (Lipinski definition) is 1. The van der Waals surface area contributed by atoms with Crippen LogP contribution >= 0.6 is 11.6 Å². The van der Waals surface area contributed by atoms with Crippen LogP contribution in [0.4, 0.5) is 10.1 Å². The average molecular weight is 381 g/mol. The molecule has 1 aliphatic heterocycles. The van der Waals surface area contributed by atoms with Crippen LogP contribution in [0.2, 0.25) is 5.02 Å². The highest BCUT2D eigenvalue weighted by Crippen LogP contribution is 2.19. The van der Waals surface area contributed by atoms with Crippen LogP contribution in [0, 0.1) is 12.7 Å². The zero-order chi connectivity index (χ0) is 18.7. The number of rotatable bonds is 4. The number of nitrogens with zero attached hydrogens (tertiary/aromatic N) is 3. The first-order valence-corrected chi connectivity index (χ1v) is 8.48. The molecule has 2 amide bonds. The molecule has 0 saturated carbocycles. The molecule has 9 heteroatoms. The monoisotopic (exact) mass is 380 g/mol. The number of halogens is 2. The van der Waals surface area contributed by atoms with Crippen molar-refractivity contribution in [1.29, 1.82) is 0 Å². The summed E-state index contributed by atoms with van der Waals surface area (Å²) in [6.07, 6.45) is 0. The van der Waals surface area contributed by atoms with Gasteiger partial charge in [-0.05, 0) is 31.2 Å². The summed E-state index contributed by atoms with van der Waals surface area (Å²) in [5.74, 6) is -1.09. The van der Waals surface area contributed by atoms with Gasteiger partial charge in [0, 0.05) is 24.5 Å². The van der Waals surface area contributed by atoms with Crippen LogP contribution in [0.1, 0.15) is 16.2 Å². The molecule has 2 aromatic rings. The number of morpholine rings is 1. The maximum absolute atomic E-state index is 13.2. The van der Waals surface area contributed by atoms with Gasteiger partial charge in [-0.15, -0.1) is 0 Å². The van der Waals surface area contributed by atoms with Gasteiger partial charge in [-0.25, -0.2) is 4.39 Å². The SMILES string of the molecule is Cc1cc(C(=O)N2CCOCC2)nn1CC(=O)Nc1ccc(F)c(Cl)c1. The second kappa shape index (κ2) is 7.84. The second-order valence-corrected chi connectivity index (χ2v) is 6.32. The number of carbonyl (C=O) groups excluding carboxylic acids is 2. The highest BCUT2D eigenvalue weighted by Gasteiger charge is 2.22. The minimum Gasteiger partial charge on any atom is -0.378 e. The Labute approximate surface area is 154 Å². The number of ether oxygens (including phenoxy) is 1. The van der Waals surface area contributed by atoms with Gasteiger partial charge in [-0.2, -0.15) is 5.10 Å². The predicted molar refractivity (Wildman–Crippen MR) is 93.7 cm³/mol. The van der Waals surface area contributed by atoms with Crippen molar-refractivity contribution in [1.82, 2.24) is 14.7 Å². The van der Waals surface area contributed by atoms with Crippen LogP contribution in [-0.2, 0) is 16.1 Å². The standard InChI is InChI=1S/C17H18ClFN4O3/c1-11-8-15(17(25)22-4-6-26-7-5-22)21-23(11)10-16(24)20-12-2-3-14(19)13(18)9-12/h2-3,8-9H,4-7,10H2,1H3,(H,20,24). The van der Waals surface area contributed by atoms with Gasteiger partial charge < -0.3 is 15.0 Å². The fraction of sp³-hybridized carbons (Fsp3) is 0.353. The zero-order valence-electron chi connectivity index (χ0n) is 14.2. The van der Waals surface area contributed by atoms with Crippen molar-refractivity contribution in [3.63, 3.8) is 0 Å². The molecule has 2 heterocycles. The van der Waals surface area contributed by atoms with E-state index >= 15 is 0 Å². The summed E-state index contributed by atoms with van der Waals surface area (Å²) in [4.78, 5) is 26.3. The molecular weight excluding hydrogens is 363 g/mol. The number of nitrogens with one attached hydrogen (secondary N) is 1. The molecule has 0 atom stereocenters. The number of aryl methyl sites for hydroxylation is 1. The minimum atomic E-state index is -0.557. The number of benzene rings is 1. The highest BCUT2D eigenvalue weighted by molar-refractivity contribution is 6.31. The van der Waals surface area contributed by atoms with E-state index in [1.165, 1.54) is 22.9 Å². The summed E-state index contributed by atoms with van der Waals surface area (Å²) in [6.45, 7) is 3.76. The molecule has 1 aromatic heterocycles. The number of aromatic nitrogens is 2. The lowest BCUT2D eigenvalue weighted by Crippen LogP contribution is -2.40. The Morgan fingerprint density at radius 1 is 1.31 bits per heavy atom. The molecule has 0 aliphatic carbocycles. The summed E-state index contributed by atoms with van der Waals surface area (Å²) < 4.78 is 19.9. The Balaban J connectivity index is 1.65. The van der Waals surface area contributed by atoms with E-state index in [4.69, 9.17) is 16.3 Å². The molecule has 0 unspecified atom stereocenters. The third kappa shape index (κ3) is 4.20. The molecule has 1 N–H and O–H groups in total. The first-order chi connectivity index (χ1) is 12.4. The van der Waals surface area contributed by atoms with Crippen molar-refractivity contribution in [2.75, 3.05) is 31.6 Å². The van der Waals surface area contributed by atoms with Crippen molar-refractivity contribution in [2.24, 2.45) is 0 Å². The molecule has 1 fully saturated rings. The van der Waals surface area contributed by atoms with E-state index < -0.39 is 5.82 Å². The van der Waals surface area contributed by atoms with Gasteiger partial charge in [0.2, 0.25) is 5.91 Å². The molecular formula is C17H18ClFN4O3. The van der Waals surface area contributed by atoms with Crippen LogP contribution in [0.5, 0.6) is 0 Å². The quantitative estimate of drug-likeness (QED) is 0.881. The first kappa shape index (κ1) is 18.3. The summed E-state index contributed by atoms with van der Waals surface area (Å²) >= 11 is 5.70. The lowest BCUT2D eigenvalue weighted by molar-refractivity contribution is -0.116. The van der Waals surface area contributed by atoms with Crippen LogP contribution in [-0.4, -0.2) is 52.8 Å². The van der Waals surface area contributed by atoms with E-state index in [0.717, 1.165) is 0 Å². The van der Waals surface area contributed by atoms with Crippen molar-refractivity contribution < 1.29 is 18.7 Å². The second-order valence-electron chi connectivity index (χ2n) is 5.91. The summed E-state index contributed by atoms with van der Waals surface area (Å²) in [5, 5.41) is 6.79. The Hall–Kier alpha value is -2.45. The molecule has 0 radical (unpaired) electrons. The smallest absolute Gasteiger partial charge is 0.274 e. The Kier molecular flexibility index (Phi) is 5.53. The fourth-order valence-electron chi connectivity index (χ4n) is 2.61. The highest BCUT2D eigenvalue weighted by atomic mass is 35.5. The van der Waals surface area contributed by atoms with E-state index in [0.29, 0.717) is 43.4 Å². The van der Waals surface area contributed by atoms with Gasteiger partial charge in [0.1, 0.15) is 12.4 Å². The molecule has 26 heavy (non-hydrogen) atoms. The molecule has 7 nitrogen and oxygen atoms in total. The van der Waals surface area contributed by atoms with E-state index in [9.17, 15) is 14.0 Å². The first-order valence-electron chi connectivity index (χ1n) is 8.10. The molecule has 3 rings (SSSR count). The Morgan fingerprint density at radius 2 is 2.04 bits per heavy atom. The van der Waals surface area contributed by atoms with Crippen molar-refractivity contribution in [3.05, 3.63) is 46.5 Å². The van der Waals surface area contributed by atoms with E-state index in [-0.39, 0.29) is 23.4 Å². The molecule has 1 aromatic carbocycles. The zero-order valence-corrected chi connectivity index (χ0v) is 14.9. The summed E-state index contributed by atoms with van der Waals surface area (Å²) in [7, 11) is 0. The van der Waals surface area contributed by atoms with Crippen LogP contribution in [0.3, 0.4) is 0 Å². The lowest BCUT2D eigenvalue weighted by Gasteiger charge is -2.25. The molecule has 138 valence electrons. The van der Waals surface area contributed by atoms with E-state index in [1.807, 2.05) is 0 Å². The van der Waals surface area contributed by atoms with E-state index in [1.54, 1.807) is 17.9 Å². The Morgan fingerprint density at radius 3 is 2.73 bits per heavy atom. The van der Waals surface area contributed by atoms with Crippen molar-refractivity contribution >= 4 is 29.1 Å². The van der Waals surface area contributed by atoms with Crippen LogP contribution < -0.4 is 5.32 Å². The van der Waals surface area contributed by atoms with Gasteiger partial charge in [0.25, 0.3) is 5.91 Å². The number of carbonyl (C=O) groups is 2. The van der Waals surface area contributed by atoms with Gasteiger partial charge in [0.15, 0.2) is 5.69 Å². The largest absolute Gasteiger partial charge is 0.378 e. The van der Waals surface area contributed by atoms with Crippen LogP contribution in [0.25, 0.3) is 0 Å². The van der Waals surface area contributed by atoms with Gasteiger partial charge in [0.05, 0.1) is 18.2 Å².